The number of ether oxygens (including phenoxy) is 1. The predicted molar refractivity (Wildman–Crippen MR) is 113 cm³/mol. The summed E-state index contributed by atoms with van der Waals surface area (Å²) in [4.78, 5) is 24.4. The van der Waals surface area contributed by atoms with Crippen LogP contribution in [0.4, 0.5) is 11.4 Å². The summed E-state index contributed by atoms with van der Waals surface area (Å²) in [5.74, 6) is 0.390. The van der Waals surface area contributed by atoms with E-state index in [4.69, 9.17) is 16.3 Å². The number of amides is 2. The minimum absolute atomic E-state index is 0.143. The van der Waals surface area contributed by atoms with Gasteiger partial charge < -0.3 is 15.4 Å². The predicted octanol–water partition coefficient (Wildman–Crippen LogP) is 4.66. The van der Waals surface area contributed by atoms with E-state index in [1.165, 1.54) is 24.4 Å². The van der Waals surface area contributed by atoms with Crippen LogP contribution in [0.5, 0.6) is 5.75 Å². The van der Waals surface area contributed by atoms with Gasteiger partial charge in [0.2, 0.25) is 11.8 Å². The van der Waals surface area contributed by atoms with Crippen LogP contribution >= 0.6 is 23.4 Å². The van der Waals surface area contributed by atoms with E-state index in [1.54, 1.807) is 25.1 Å². The number of rotatable bonds is 7. The molecule has 1 unspecified atom stereocenters. The normalized spacial score (nSPS) is 11.6. The van der Waals surface area contributed by atoms with E-state index in [0.717, 1.165) is 11.3 Å². The maximum absolute atomic E-state index is 12.3. The van der Waals surface area contributed by atoms with E-state index in [9.17, 15) is 9.59 Å². The maximum atomic E-state index is 12.3. The molecule has 2 aromatic rings. The third-order valence-electron chi connectivity index (χ3n) is 4.04. The van der Waals surface area contributed by atoms with Gasteiger partial charge in [0.1, 0.15) is 5.75 Å². The Balaban J connectivity index is 1.84. The van der Waals surface area contributed by atoms with Crippen molar-refractivity contribution in [3.63, 3.8) is 0 Å². The number of anilines is 2. The number of hydrogen-bond acceptors (Lipinski definition) is 4. The Bertz CT molecular complexity index is 842. The molecule has 27 heavy (non-hydrogen) atoms. The number of nitrogens with one attached hydrogen (secondary N) is 2. The molecule has 0 bridgehead atoms. The van der Waals surface area contributed by atoms with Crippen molar-refractivity contribution >= 4 is 46.6 Å². The van der Waals surface area contributed by atoms with Gasteiger partial charge in [-0.2, -0.15) is 0 Å². The number of carbonyl (C=O) groups excluding carboxylic acids is 2. The average molecular weight is 407 g/mol. The van der Waals surface area contributed by atoms with Crippen molar-refractivity contribution < 1.29 is 14.3 Å². The molecule has 7 heteroatoms. The quantitative estimate of drug-likeness (QED) is 0.701. The molecule has 5 nitrogen and oxygen atoms in total. The molecular weight excluding hydrogens is 384 g/mol. The highest BCUT2D eigenvalue weighted by molar-refractivity contribution is 8.01. The first kappa shape index (κ1) is 21.1. The second-order valence-electron chi connectivity index (χ2n) is 6.14. The van der Waals surface area contributed by atoms with Gasteiger partial charge in [0.15, 0.2) is 0 Å². The molecular formula is C20H23ClN2O3S. The summed E-state index contributed by atoms with van der Waals surface area (Å²) < 4.78 is 5.09. The zero-order valence-electron chi connectivity index (χ0n) is 15.8. The average Bonchev–Trinajstić information content (AvgIpc) is 2.63. The molecule has 0 fully saturated rings. The van der Waals surface area contributed by atoms with Gasteiger partial charge in [-0.05, 0) is 62.2 Å². The Morgan fingerprint density at radius 3 is 2.37 bits per heavy atom. The summed E-state index contributed by atoms with van der Waals surface area (Å²) >= 11 is 7.33. The Labute approximate surface area is 168 Å². The Morgan fingerprint density at radius 2 is 1.74 bits per heavy atom. The third-order valence-corrected chi connectivity index (χ3v) is 5.48. The van der Waals surface area contributed by atoms with Crippen molar-refractivity contribution in [3.05, 3.63) is 52.5 Å². The molecule has 0 heterocycles. The SMILES string of the molecule is COc1ccc(NC(=O)C(C)SCC(=O)Nc2ccc(C)c(C)c2)cc1Cl. The molecule has 0 aliphatic carbocycles. The molecule has 0 aliphatic heterocycles. The lowest BCUT2D eigenvalue weighted by Gasteiger charge is -2.13. The molecule has 0 saturated heterocycles. The largest absolute Gasteiger partial charge is 0.495 e. The number of benzene rings is 2. The number of halogens is 1. The van der Waals surface area contributed by atoms with Crippen molar-refractivity contribution in [1.82, 2.24) is 0 Å². The molecule has 2 aromatic carbocycles. The minimum Gasteiger partial charge on any atom is -0.495 e. The van der Waals surface area contributed by atoms with E-state index in [1.807, 2.05) is 32.0 Å². The van der Waals surface area contributed by atoms with Gasteiger partial charge in [0.25, 0.3) is 0 Å². The van der Waals surface area contributed by atoms with Gasteiger partial charge >= 0.3 is 0 Å². The van der Waals surface area contributed by atoms with Crippen LogP contribution in [0.2, 0.25) is 5.02 Å². The smallest absolute Gasteiger partial charge is 0.237 e. The summed E-state index contributed by atoms with van der Waals surface area (Å²) in [6.45, 7) is 5.78. The third kappa shape index (κ3) is 6.19. The lowest BCUT2D eigenvalue weighted by molar-refractivity contribution is -0.115. The van der Waals surface area contributed by atoms with Crippen molar-refractivity contribution in [2.45, 2.75) is 26.0 Å². The fraction of sp³-hybridized carbons (Fsp3) is 0.300. The van der Waals surface area contributed by atoms with Crippen LogP contribution in [0.3, 0.4) is 0 Å². The molecule has 144 valence electrons. The minimum atomic E-state index is -0.392. The molecule has 0 aliphatic rings. The van der Waals surface area contributed by atoms with Crippen LogP contribution < -0.4 is 15.4 Å². The second-order valence-corrected chi connectivity index (χ2v) is 7.88. The lowest BCUT2D eigenvalue weighted by atomic mass is 10.1. The topological polar surface area (TPSA) is 67.4 Å². The van der Waals surface area contributed by atoms with Crippen molar-refractivity contribution in [3.8, 4) is 5.75 Å². The van der Waals surface area contributed by atoms with Gasteiger partial charge in [-0.1, -0.05) is 17.7 Å². The van der Waals surface area contributed by atoms with Crippen LogP contribution in [0.25, 0.3) is 0 Å². The Morgan fingerprint density at radius 1 is 1.07 bits per heavy atom. The highest BCUT2D eigenvalue weighted by Crippen LogP contribution is 2.27. The van der Waals surface area contributed by atoms with Gasteiger partial charge in [0, 0.05) is 11.4 Å². The van der Waals surface area contributed by atoms with Crippen molar-refractivity contribution in [2.75, 3.05) is 23.5 Å². The number of aryl methyl sites for hydroxylation is 2. The van der Waals surface area contributed by atoms with E-state index in [-0.39, 0.29) is 17.6 Å². The monoisotopic (exact) mass is 406 g/mol. The molecule has 1 atom stereocenters. The second kappa shape index (κ2) is 9.67. The summed E-state index contributed by atoms with van der Waals surface area (Å²) in [6.07, 6.45) is 0. The van der Waals surface area contributed by atoms with E-state index in [2.05, 4.69) is 10.6 Å². The van der Waals surface area contributed by atoms with Gasteiger partial charge in [-0.25, -0.2) is 0 Å². The molecule has 2 rings (SSSR count). The lowest BCUT2D eigenvalue weighted by Crippen LogP contribution is -2.25. The number of methoxy groups -OCH3 is 1. The fourth-order valence-electron chi connectivity index (χ4n) is 2.28. The summed E-state index contributed by atoms with van der Waals surface area (Å²) in [5, 5.41) is 5.67. The highest BCUT2D eigenvalue weighted by Gasteiger charge is 2.16. The standard InChI is InChI=1S/C20H23ClN2O3S/c1-12-5-6-15(9-13(12)2)22-19(24)11-27-14(3)20(25)23-16-7-8-18(26-4)17(21)10-16/h5-10,14H,11H2,1-4H3,(H,22,24)(H,23,25). The first-order chi connectivity index (χ1) is 12.8. The zero-order chi connectivity index (χ0) is 20.0. The molecule has 0 spiro atoms. The maximum Gasteiger partial charge on any atom is 0.237 e. The Kier molecular flexibility index (Phi) is 7.56. The van der Waals surface area contributed by atoms with Crippen molar-refractivity contribution in [2.24, 2.45) is 0 Å². The van der Waals surface area contributed by atoms with Crippen LogP contribution in [0.15, 0.2) is 36.4 Å². The summed E-state index contributed by atoms with van der Waals surface area (Å²) in [5.41, 5.74) is 3.63. The first-order valence-electron chi connectivity index (χ1n) is 8.43. The highest BCUT2D eigenvalue weighted by atomic mass is 35.5. The van der Waals surface area contributed by atoms with Gasteiger partial charge in [-0.3, -0.25) is 9.59 Å². The first-order valence-corrected chi connectivity index (χ1v) is 9.86. The molecule has 0 radical (unpaired) electrons. The van der Waals surface area contributed by atoms with Crippen LogP contribution in [-0.4, -0.2) is 29.9 Å². The summed E-state index contributed by atoms with van der Waals surface area (Å²) in [7, 11) is 1.53. The van der Waals surface area contributed by atoms with Crippen molar-refractivity contribution in [1.29, 1.82) is 0 Å². The van der Waals surface area contributed by atoms with E-state index < -0.39 is 5.25 Å². The number of carbonyl (C=O) groups is 2. The van der Waals surface area contributed by atoms with Crippen LogP contribution in [0.1, 0.15) is 18.1 Å². The molecule has 0 aromatic heterocycles. The zero-order valence-corrected chi connectivity index (χ0v) is 17.3. The molecule has 2 N–H and O–H groups in total. The number of hydrogen-bond donors (Lipinski definition) is 2. The molecule has 0 saturated carbocycles. The fourth-order valence-corrected chi connectivity index (χ4v) is 3.22. The van der Waals surface area contributed by atoms with E-state index >= 15 is 0 Å². The van der Waals surface area contributed by atoms with Gasteiger partial charge in [-0.15, -0.1) is 11.8 Å². The van der Waals surface area contributed by atoms with E-state index in [0.29, 0.717) is 16.5 Å². The number of thioether (sulfide) groups is 1. The van der Waals surface area contributed by atoms with Crippen LogP contribution in [0, 0.1) is 13.8 Å². The van der Waals surface area contributed by atoms with Crippen LogP contribution in [-0.2, 0) is 9.59 Å². The summed E-state index contributed by atoms with van der Waals surface area (Å²) in [6, 6.07) is 10.8. The molecule has 2 amide bonds. The Hall–Kier alpha value is -2.18. The van der Waals surface area contributed by atoms with Gasteiger partial charge in [0.05, 0.1) is 23.1 Å².